The lowest BCUT2D eigenvalue weighted by Gasteiger charge is -2.14. The number of hydrogen-bond acceptors (Lipinski definition) is 4. The molecule has 1 amide bonds. The molecule has 0 radical (unpaired) electrons. The molecule has 0 saturated heterocycles. The average Bonchev–Trinajstić information content (AvgIpc) is 3.32. The van der Waals surface area contributed by atoms with Crippen LogP contribution in [0.2, 0.25) is 0 Å². The Labute approximate surface area is 172 Å². The molecule has 0 bridgehead atoms. The molecule has 4 rings (SSSR count). The summed E-state index contributed by atoms with van der Waals surface area (Å²) in [6.07, 6.45) is 0. The SMILES string of the molecule is Cc1nn(C)c2sc(C(=O)Nc3cc(C(C)(C)C)nn3-c3ccc(F)cc3)cc12. The molecule has 6 nitrogen and oxygen atoms in total. The van der Waals surface area contributed by atoms with Gasteiger partial charge in [-0.2, -0.15) is 10.2 Å². The van der Waals surface area contributed by atoms with Gasteiger partial charge in [0.1, 0.15) is 16.5 Å². The number of nitrogens with one attached hydrogen (secondary N) is 1. The van der Waals surface area contributed by atoms with Crippen molar-refractivity contribution in [1.82, 2.24) is 19.6 Å². The van der Waals surface area contributed by atoms with Crippen LogP contribution < -0.4 is 5.32 Å². The second-order valence-corrected chi connectivity index (χ2v) is 9.08. The van der Waals surface area contributed by atoms with E-state index in [1.54, 1.807) is 21.5 Å². The van der Waals surface area contributed by atoms with Gasteiger partial charge in [-0.1, -0.05) is 20.8 Å². The molecule has 0 saturated carbocycles. The van der Waals surface area contributed by atoms with Crippen LogP contribution in [0, 0.1) is 12.7 Å². The van der Waals surface area contributed by atoms with Crippen molar-refractivity contribution in [2.45, 2.75) is 33.1 Å². The van der Waals surface area contributed by atoms with E-state index in [0.29, 0.717) is 16.4 Å². The fraction of sp³-hybridized carbons (Fsp3) is 0.286. The third kappa shape index (κ3) is 3.55. The lowest BCUT2D eigenvalue weighted by atomic mass is 9.92. The number of hydrogen-bond donors (Lipinski definition) is 1. The first-order chi connectivity index (χ1) is 13.6. The van der Waals surface area contributed by atoms with Gasteiger partial charge in [0.2, 0.25) is 0 Å². The van der Waals surface area contributed by atoms with Crippen LogP contribution in [-0.2, 0) is 12.5 Å². The second-order valence-electron chi connectivity index (χ2n) is 8.05. The molecule has 3 heterocycles. The first-order valence-corrected chi connectivity index (χ1v) is 10.1. The molecule has 29 heavy (non-hydrogen) atoms. The first-order valence-electron chi connectivity index (χ1n) is 9.24. The molecular weight excluding hydrogens is 389 g/mol. The van der Waals surface area contributed by atoms with Crippen molar-refractivity contribution in [1.29, 1.82) is 0 Å². The van der Waals surface area contributed by atoms with Gasteiger partial charge in [0.25, 0.3) is 5.91 Å². The highest BCUT2D eigenvalue weighted by Gasteiger charge is 2.23. The van der Waals surface area contributed by atoms with E-state index in [0.717, 1.165) is 21.6 Å². The number of aryl methyl sites for hydroxylation is 2. The Balaban J connectivity index is 1.72. The predicted molar refractivity (Wildman–Crippen MR) is 114 cm³/mol. The molecular formula is C21H22FN5OS. The highest BCUT2D eigenvalue weighted by Crippen LogP contribution is 2.30. The Morgan fingerprint density at radius 3 is 2.45 bits per heavy atom. The third-order valence-corrected chi connectivity index (χ3v) is 5.91. The van der Waals surface area contributed by atoms with E-state index in [-0.39, 0.29) is 17.1 Å². The number of thiophene rings is 1. The van der Waals surface area contributed by atoms with E-state index in [2.05, 4.69) is 36.3 Å². The molecule has 8 heteroatoms. The van der Waals surface area contributed by atoms with Crippen LogP contribution in [0.4, 0.5) is 10.2 Å². The summed E-state index contributed by atoms with van der Waals surface area (Å²) in [5, 5.41) is 13.0. The molecule has 0 fully saturated rings. The Morgan fingerprint density at radius 2 is 1.83 bits per heavy atom. The summed E-state index contributed by atoms with van der Waals surface area (Å²) in [4.78, 5) is 14.5. The van der Waals surface area contributed by atoms with Crippen LogP contribution in [0.5, 0.6) is 0 Å². The standard InChI is InChI=1S/C21H22FN5OS/c1-12-15-10-16(29-20(15)26(5)24-12)19(28)23-18-11-17(21(2,3)4)25-27(18)14-8-6-13(22)7-9-14/h6-11H,1-5H3,(H,23,28). The molecule has 3 aromatic heterocycles. The highest BCUT2D eigenvalue weighted by molar-refractivity contribution is 7.20. The van der Waals surface area contributed by atoms with Gasteiger partial charge in [0.15, 0.2) is 0 Å². The number of nitrogens with zero attached hydrogens (tertiary/aromatic N) is 4. The first kappa shape index (κ1) is 19.3. The number of aromatic nitrogens is 4. The molecule has 0 unspecified atom stereocenters. The molecule has 4 aromatic rings. The number of benzene rings is 1. The normalized spacial score (nSPS) is 11.9. The van der Waals surface area contributed by atoms with E-state index in [4.69, 9.17) is 0 Å². The van der Waals surface area contributed by atoms with Crippen molar-refractivity contribution in [2.24, 2.45) is 7.05 Å². The van der Waals surface area contributed by atoms with Crippen LogP contribution in [-0.4, -0.2) is 25.5 Å². The maximum absolute atomic E-state index is 13.4. The Hall–Kier alpha value is -3.00. The number of fused-ring (bicyclic) bond motifs is 1. The summed E-state index contributed by atoms with van der Waals surface area (Å²) in [5.74, 6) is 0.00458. The largest absolute Gasteiger partial charge is 0.306 e. The maximum Gasteiger partial charge on any atom is 0.266 e. The van der Waals surface area contributed by atoms with Crippen LogP contribution in [0.25, 0.3) is 15.9 Å². The minimum Gasteiger partial charge on any atom is -0.306 e. The van der Waals surface area contributed by atoms with Crippen molar-refractivity contribution in [2.75, 3.05) is 5.32 Å². The van der Waals surface area contributed by atoms with Gasteiger partial charge in [0.05, 0.1) is 22.0 Å². The van der Waals surface area contributed by atoms with Crippen molar-refractivity contribution in [3.63, 3.8) is 0 Å². The number of carbonyl (C=O) groups is 1. The van der Waals surface area contributed by atoms with E-state index in [1.807, 2.05) is 26.1 Å². The van der Waals surface area contributed by atoms with Crippen LogP contribution >= 0.6 is 11.3 Å². The van der Waals surface area contributed by atoms with Crippen molar-refractivity contribution < 1.29 is 9.18 Å². The van der Waals surface area contributed by atoms with Gasteiger partial charge in [-0.15, -0.1) is 11.3 Å². The maximum atomic E-state index is 13.4. The van der Waals surface area contributed by atoms with Gasteiger partial charge in [-0.25, -0.2) is 9.07 Å². The molecule has 1 aromatic carbocycles. The molecule has 0 aliphatic carbocycles. The monoisotopic (exact) mass is 411 g/mol. The lowest BCUT2D eigenvalue weighted by Crippen LogP contribution is -2.14. The molecule has 0 aliphatic heterocycles. The lowest BCUT2D eigenvalue weighted by molar-refractivity contribution is 0.103. The zero-order valence-corrected chi connectivity index (χ0v) is 17.8. The van der Waals surface area contributed by atoms with E-state index >= 15 is 0 Å². The molecule has 150 valence electrons. The van der Waals surface area contributed by atoms with Gasteiger partial charge >= 0.3 is 0 Å². The van der Waals surface area contributed by atoms with Gasteiger partial charge < -0.3 is 5.32 Å². The topological polar surface area (TPSA) is 64.7 Å². The van der Waals surface area contributed by atoms with E-state index < -0.39 is 0 Å². The minimum atomic E-state index is -0.322. The Kier molecular flexibility index (Phi) is 4.53. The number of carbonyl (C=O) groups excluding carboxylic acids is 1. The second kappa shape index (κ2) is 6.81. The predicted octanol–water partition coefficient (Wildman–Crippen LogP) is 4.82. The molecule has 0 spiro atoms. The summed E-state index contributed by atoms with van der Waals surface area (Å²) < 4.78 is 16.8. The van der Waals surface area contributed by atoms with Crippen LogP contribution in [0.1, 0.15) is 41.8 Å². The van der Waals surface area contributed by atoms with E-state index in [1.165, 1.54) is 23.5 Å². The van der Waals surface area contributed by atoms with Gasteiger partial charge in [-0.05, 0) is 37.3 Å². The summed E-state index contributed by atoms with van der Waals surface area (Å²) >= 11 is 1.40. The summed E-state index contributed by atoms with van der Waals surface area (Å²) in [5.41, 5.74) is 2.19. The zero-order chi connectivity index (χ0) is 20.9. The molecule has 0 atom stereocenters. The average molecular weight is 412 g/mol. The zero-order valence-electron chi connectivity index (χ0n) is 16.9. The smallest absolute Gasteiger partial charge is 0.266 e. The quantitative estimate of drug-likeness (QED) is 0.526. The highest BCUT2D eigenvalue weighted by atomic mass is 32.1. The minimum absolute atomic E-state index is 0.203. The summed E-state index contributed by atoms with van der Waals surface area (Å²) in [6.45, 7) is 8.09. The number of anilines is 1. The molecule has 1 N–H and O–H groups in total. The number of halogens is 1. The van der Waals surface area contributed by atoms with Crippen molar-refractivity contribution >= 4 is 33.3 Å². The van der Waals surface area contributed by atoms with Crippen molar-refractivity contribution in [3.05, 3.63) is 58.5 Å². The van der Waals surface area contributed by atoms with Crippen LogP contribution in [0.3, 0.4) is 0 Å². The van der Waals surface area contributed by atoms with Gasteiger partial charge in [-0.3, -0.25) is 9.48 Å². The number of rotatable bonds is 3. The Morgan fingerprint density at radius 1 is 1.14 bits per heavy atom. The number of amides is 1. The van der Waals surface area contributed by atoms with E-state index in [9.17, 15) is 9.18 Å². The third-order valence-electron chi connectivity index (χ3n) is 4.71. The summed E-state index contributed by atoms with van der Waals surface area (Å²) in [6, 6.07) is 9.75. The summed E-state index contributed by atoms with van der Waals surface area (Å²) in [7, 11) is 1.87. The van der Waals surface area contributed by atoms with Crippen LogP contribution in [0.15, 0.2) is 36.4 Å². The fourth-order valence-electron chi connectivity index (χ4n) is 3.11. The fourth-order valence-corrected chi connectivity index (χ4v) is 4.13. The Bertz CT molecular complexity index is 1180. The van der Waals surface area contributed by atoms with Gasteiger partial charge in [0, 0.05) is 23.9 Å². The molecule has 0 aliphatic rings. The van der Waals surface area contributed by atoms with Crippen molar-refractivity contribution in [3.8, 4) is 5.69 Å².